The predicted molar refractivity (Wildman–Crippen MR) is 125 cm³/mol. The smallest absolute Gasteiger partial charge is 0.289 e. The van der Waals surface area contributed by atoms with Crippen LogP contribution in [0.2, 0.25) is 5.02 Å². The van der Waals surface area contributed by atoms with Crippen molar-refractivity contribution in [3.05, 3.63) is 86.7 Å². The van der Waals surface area contributed by atoms with Crippen molar-refractivity contribution in [3.8, 4) is 5.75 Å². The number of carbonyl (C=O) groups excluding carboxylic acids is 1. The Morgan fingerprint density at radius 3 is 2.52 bits per heavy atom. The van der Waals surface area contributed by atoms with Crippen molar-refractivity contribution in [1.29, 1.82) is 0 Å². The van der Waals surface area contributed by atoms with E-state index in [1.807, 2.05) is 11.0 Å². The van der Waals surface area contributed by atoms with Gasteiger partial charge in [-0.2, -0.15) is 0 Å². The fourth-order valence-electron chi connectivity index (χ4n) is 3.53. The summed E-state index contributed by atoms with van der Waals surface area (Å²) in [5.74, 6) is 1.41. The van der Waals surface area contributed by atoms with Gasteiger partial charge in [0.25, 0.3) is 5.91 Å². The third-order valence-electron chi connectivity index (χ3n) is 5.32. The van der Waals surface area contributed by atoms with Crippen LogP contribution in [-0.4, -0.2) is 41.9 Å². The zero-order valence-electron chi connectivity index (χ0n) is 17.3. The summed E-state index contributed by atoms with van der Waals surface area (Å²) < 4.78 is 12.3. The predicted octanol–water partition coefficient (Wildman–Crippen LogP) is 5.54. The third kappa shape index (κ3) is 5.70. The van der Waals surface area contributed by atoms with Gasteiger partial charge in [-0.25, -0.2) is 0 Å². The van der Waals surface area contributed by atoms with E-state index in [1.165, 1.54) is 11.1 Å². The number of amides is 1. The molecule has 1 aliphatic rings. The number of hydrogen-bond acceptors (Lipinski definition) is 4. The summed E-state index contributed by atoms with van der Waals surface area (Å²) in [7, 11) is 0. The molecule has 2 aromatic carbocycles. The lowest BCUT2D eigenvalue weighted by molar-refractivity contribution is 0.0594. The van der Waals surface area contributed by atoms with Gasteiger partial charge < -0.3 is 14.1 Å². The molecule has 31 heavy (non-hydrogen) atoms. The van der Waals surface area contributed by atoms with Crippen LogP contribution in [0.4, 0.5) is 0 Å². The van der Waals surface area contributed by atoms with Crippen LogP contribution >= 0.6 is 27.5 Å². The standard InChI is InChI=1S/C24H24BrClN2O3/c1-17-2-4-18(5-3-17)15-27-10-12-28(13-11-27)24(29)23-9-7-20(31-23)16-30-22-8-6-19(25)14-21(22)26/h2-9,14H,10-13,15-16H2,1H3. The molecule has 2 heterocycles. The van der Waals surface area contributed by atoms with Crippen molar-refractivity contribution in [2.24, 2.45) is 0 Å². The Balaban J connectivity index is 1.28. The van der Waals surface area contributed by atoms with E-state index in [4.69, 9.17) is 20.8 Å². The molecular formula is C24H24BrClN2O3. The van der Waals surface area contributed by atoms with E-state index in [9.17, 15) is 4.79 Å². The molecule has 0 N–H and O–H groups in total. The molecule has 4 rings (SSSR count). The number of furan rings is 1. The van der Waals surface area contributed by atoms with Gasteiger partial charge in [-0.3, -0.25) is 9.69 Å². The number of nitrogens with zero attached hydrogens (tertiary/aromatic N) is 2. The highest BCUT2D eigenvalue weighted by atomic mass is 79.9. The molecule has 0 aliphatic carbocycles. The number of halogens is 2. The number of rotatable bonds is 6. The molecular weight excluding hydrogens is 480 g/mol. The molecule has 7 heteroatoms. The minimum atomic E-state index is -0.0806. The van der Waals surface area contributed by atoms with E-state index in [2.05, 4.69) is 52.0 Å². The average molecular weight is 504 g/mol. The molecule has 1 fully saturated rings. The maximum absolute atomic E-state index is 12.8. The average Bonchev–Trinajstić information content (AvgIpc) is 3.24. The SMILES string of the molecule is Cc1ccc(CN2CCN(C(=O)c3ccc(COc4ccc(Br)cc4Cl)o3)CC2)cc1. The van der Waals surface area contributed by atoms with Crippen LogP contribution in [0.25, 0.3) is 0 Å². The molecule has 0 bridgehead atoms. The van der Waals surface area contributed by atoms with Gasteiger partial charge in [-0.15, -0.1) is 0 Å². The molecule has 0 atom stereocenters. The minimum Gasteiger partial charge on any atom is -0.484 e. The molecule has 3 aromatic rings. The molecule has 0 spiro atoms. The van der Waals surface area contributed by atoms with Gasteiger partial charge in [0.2, 0.25) is 0 Å². The Morgan fingerprint density at radius 1 is 1.06 bits per heavy atom. The maximum atomic E-state index is 12.8. The van der Waals surface area contributed by atoms with E-state index in [1.54, 1.807) is 24.3 Å². The zero-order chi connectivity index (χ0) is 21.8. The first-order valence-electron chi connectivity index (χ1n) is 10.2. The van der Waals surface area contributed by atoms with Crippen molar-refractivity contribution in [2.75, 3.05) is 26.2 Å². The summed E-state index contributed by atoms with van der Waals surface area (Å²) in [6.45, 7) is 6.27. The number of piperazine rings is 1. The van der Waals surface area contributed by atoms with Crippen LogP contribution in [0.1, 0.15) is 27.4 Å². The van der Waals surface area contributed by atoms with Gasteiger partial charge in [0.15, 0.2) is 5.76 Å². The first-order chi connectivity index (χ1) is 15.0. The van der Waals surface area contributed by atoms with E-state index >= 15 is 0 Å². The Morgan fingerprint density at radius 2 is 1.81 bits per heavy atom. The summed E-state index contributed by atoms with van der Waals surface area (Å²) >= 11 is 9.54. The minimum absolute atomic E-state index is 0.0806. The summed E-state index contributed by atoms with van der Waals surface area (Å²) in [5.41, 5.74) is 2.56. The van der Waals surface area contributed by atoms with E-state index in [-0.39, 0.29) is 12.5 Å². The van der Waals surface area contributed by atoms with E-state index < -0.39 is 0 Å². The van der Waals surface area contributed by atoms with Crippen LogP contribution < -0.4 is 4.74 Å². The number of carbonyl (C=O) groups is 1. The fourth-order valence-corrected chi connectivity index (χ4v) is 4.26. The molecule has 0 radical (unpaired) electrons. The third-order valence-corrected chi connectivity index (χ3v) is 6.11. The summed E-state index contributed by atoms with van der Waals surface area (Å²) in [4.78, 5) is 17.0. The highest BCUT2D eigenvalue weighted by molar-refractivity contribution is 9.10. The molecule has 162 valence electrons. The number of ether oxygens (including phenoxy) is 1. The Bertz CT molecular complexity index is 1040. The van der Waals surface area contributed by atoms with Gasteiger partial charge in [-0.1, -0.05) is 57.4 Å². The molecule has 1 aromatic heterocycles. The fraction of sp³-hybridized carbons (Fsp3) is 0.292. The summed E-state index contributed by atoms with van der Waals surface area (Å²) in [6, 6.07) is 17.5. The second-order valence-electron chi connectivity index (χ2n) is 7.68. The van der Waals surface area contributed by atoms with E-state index in [0.29, 0.717) is 35.4 Å². The number of hydrogen-bond donors (Lipinski definition) is 0. The lowest BCUT2D eigenvalue weighted by Crippen LogP contribution is -2.48. The van der Waals surface area contributed by atoms with Crippen LogP contribution in [-0.2, 0) is 13.2 Å². The lowest BCUT2D eigenvalue weighted by atomic mass is 10.1. The first-order valence-corrected chi connectivity index (χ1v) is 11.4. The van der Waals surface area contributed by atoms with Gasteiger partial charge in [0.05, 0.1) is 5.02 Å². The number of benzene rings is 2. The summed E-state index contributed by atoms with van der Waals surface area (Å²) in [5, 5.41) is 0.515. The van der Waals surface area contributed by atoms with Crippen LogP contribution in [0.3, 0.4) is 0 Å². The molecule has 1 amide bonds. The second kappa shape index (κ2) is 9.90. The van der Waals surface area contributed by atoms with Crippen molar-refractivity contribution >= 4 is 33.4 Å². The van der Waals surface area contributed by atoms with Gasteiger partial charge >= 0.3 is 0 Å². The molecule has 0 unspecified atom stereocenters. The molecule has 1 saturated heterocycles. The molecule has 0 saturated carbocycles. The zero-order valence-corrected chi connectivity index (χ0v) is 19.7. The monoisotopic (exact) mass is 502 g/mol. The van der Waals surface area contributed by atoms with Crippen molar-refractivity contribution in [3.63, 3.8) is 0 Å². The second-order valence-corrected chi connectivity index (χ2v) is 9.01. The molecule has 1 aliphatic heterocycles. The van der Waals surface area contributed by atoms with Gasteiger partial charge in [0, 0.05) is 37.2 Å². The van der Waals surface area contributed by atoms with Gasteiger partial charge in [-0.05, 0) is 42.8 Å². The first kappa shape index (κ1) is 21.9. The maximum Gasteiger partial charge on any atom is 0.289 e. The summed E-state index contributed by atoms with van der Waals surface area (Å²) in [6.07, 6.45) is 0. The Kier molecular flexibility index (Phi) is 7.00. The lowest BCUT2D eigenvalue weighted by Gasteiger charge is -2.34. The van der Waals surface area contributed by atoms with Gasteiger partial charge in [0.1, 0.15) is 18.1 Å². The van der Waals surface area contributed by atoms with E-state index in [0.717, 1.165) is 24.1 Å². The van der Waals surface area contributed by atoms with Crippen molar-refractivity contribution in [2.45, 2.75) is 20.1 Å². The topological polar surface area (TPSA) is 45.9 Å². The largest absolute Gasteiger partial charge is 0.484 e. The quantitative estimate of drug-likeness (QED) is 0.443. The molecule has 5 nitrogen and oxygen atoms in total. The normalized spacial score (nSPS) is 14.6. The van der Waals surface area contributed by atoms with Crippen LogP contribution in [0.15, 0.2) is 63.5 Å². The highest BCUT2D eigenvalue weighted by Crippen LogP contribution is 2.28. The Labute approximate surface area is 195 Å². The number of aryl methyl sites for hydroxylation is 1. The Hall–Kier alpha value is -2.28. The highest BCUT2D eigenvalue weighted by Gasteiger charge is 2.24. The van der Waals surface area contributed by atoms with Crippen molar-refractivity contribution in [1.82, 2.24) is 9.80 Å². The van der Waals surface area contributed by atoms with Crippen LogP contribution in [0, 0.1) is 6.92 Å². The van der Waals surface area contributed by atoms with Crippen molar-refractivity contribution < 1.29 is 13.9 Å². The van der Waals surface area contributed by atoms with Crippen LogP contribution in [0.5, 0.6) is 5.75 Å².